The number of hydrogen-bond acceptors (Lipinski definition) is 4. The fraction of sp³-hybridized carbons (Fsp3) is 0.333. The fourth-order valence-corrected chi connectivity index (χ4v) is 3.30. The number of halogens is 1. The Morgan fingerprint density at radius 1 is 1.38 bits per heavy atom. The number of aromatic nitrogens is 1. The third-order valence-corrected chi connectivity index (χ3v) is 4.41. The normalized spacial score (nSPS) is 10.7. The minimum atomic E-state index is -0.398. The van der Waals surface area contributed by atoms with E-state index in [9.17, 15) is 9.59 Å². The summed E-state index contributed by atoms with van der Waals surface area (Å²) in [7, 11) is 0. The summed E-state index contributed by atoms with van der Waals surface area (Å²) in [6.45, 7) is 5.96. The fourth-order valence-electron chi connectivity index (χ4n) is 2.22. The van der Waals surface area contributed by atoms with Gasteiger partial charge in [0.05, 0.1) is 23.1 Å². The Hall–Kier alpha value is -1.59. The van der Waals surface area contributed by atoms with Gasteiger partial charge in [-0.15, -0.1) is 11.3 Å². The molecule has 0 unspecified atom stereocenters. The Morgan fingerprint density at radius 2 is 2.10 bits per heavy atom. The van der Waals surface area contributed by atoms with Crippen LogP contribution in [0.5, 0.6) is 0 Å². The highest BCUT2D eigenvalue weighted by Gasteiger charge is 2.18. The molecule has 0 saturated carbocycles. The van der Waals surface area contributed by atoms with Gasteiger partial charge >= 0.3 is 5.97 Å². The van der Waals surface area contributed by atoms with Gasteiger partial charge < -0.3 is 9.30 Å². The van der Waals surface area contributed by atoms with Crippen LogP contribution in [0, 0.1) is 13.8 Å². The second kappa shape index (κ2) is 6.45. The predicted molar refractivity (Wildman–Crippen MR) is 84.6 cm³/mol. The predicted octanol–water partition coefficient (Wildman–Crippen LogP) is 3.41. The topological polar surface area (TPSA) is 48.3 Å². The number of ether oxygens (including phenoxy) is 1. The third-order valence-electron chi connectivity index (χ3n) is 3.19. The van der Waals surface area contributed by atoms with Crippen molar-refractivity contribution in [2.45, 2.75) is 27.3 Å². The Bertz CT molecular complexity index is 733. The average Bonchev–Trinajstić information content (AvgIpc) is 2.80. The van der Waals surface area contributed by atoms with Crippen molar-refractivity contribution in [1.82, 2.24) is 4.57 Å². The summed E-state index contributed by atoms with van der Waals surface area (Å²) in [5.41, 5.74) is 1.57. The van der Waals surface area contributed by atoms with Crippen molar-refractivity contribution in [3.8, 4) is 0 Å². The number of rotatable bonds is 4. The summed E-state index contributed by atoms with van der Waals surface area (Å²) >= 11 is 7.33. The molecule has 0 spiro atoms. The van der Waals surface area contributed by atoms with Gasteiger partial charge in [-0.3, -0.25) is 4.79 Å². The van der Waals surface area contributed by atoms with Crippen LogP contribution in [0.3, 0.4) is 0 Å². The number of thiophene rings is 1. The number of carbonyl (C=O) groups is 1. The Labute approximate surface area is 131 Å². The van der Waals surface area contributed by atoms with Gasteiger partial charge in [0.2, 0.25) is 0 Å². The zero-order chi connectivity index (χ0) is 15.6. The molecule has 0 aliphatic carbocycles. The lowest BCUT2D eigenvalue weighted by molar-refractivity contribution is 0.0523. The SMILES string of the molecule is CCOC(=O)c1c(C)cc(=O)n(Cc2ccc(Cl)s2)c1C. The molecule has 2 rings (SSSR count). The molecule has 0 amide bonds. The van der Waals surface area contributed by atoms with Crippen molar-refractivity contribution in [3.05, 3.63) is 54.6 Å². The zero-order valence-corrected chi connectivity index (χ0v) is 13.7. The van der Waals surface area contributed by atoms with E-state index in [0.717, 1.165) is 4.88 Å². The van der Waals surface area contributed by atoms with Crippen molar-refractivity contribution in [3.63, 3.8) is 0 Å². The Balaban J connectivity index is 2.48. The van der Waals surface area contributed by atoms with Gasteiger partial charge in [-0.05, 0) is 38.5 Å². The lowest BCUT2D eigenvalue weighted by atomic mass is 10.1. The van der Waals surface area contributed by atoms with Crippen molar-refractivity contribution >= 4 is 28.9 Å². The maximum absolute atomic E-state index is 12.2. The van der Waals surface area contributed by atoms with Crippen LogP contribution in [0.15, 0.2) is 23.0 Å². The Morgan fingerprint density at radius 3 is 2.67 bits per heavy atom. The maximum atomic E-state index is 12.2. The largest absolute Gasteiger partial charge is 0.462 e. The van der Waals surface area contributed by atoms with Gasteiger partial charge in [0.25, 0.3) is 5.56 Å². The number of carbonyl (C=O) groups excluding carboxylic acids is 1. The highest BCUT2D eigenvalue weighted by molar-refractivity contribution is 7.16. The number of pyridine rings is 1. The number of aryl methyl sites for hydroxylation is 1. The summed E-state index contributed by atoms with van der Waals surface area (Å²) in [6.07, 6.45) is 0. The molecule has 2 aromatic heterocycles. The van der Waals surface area contributed by atoms with Crippen LogP contribution in [-0.4, -0.2) is 17.1 Å². The van der Waals surface area contributed by atoms with E-state index in [4.69, 9.17) is 16.3 Å². The molecule has 2 aromatic rings. The third kappa shape index (κ3) is 3.36. The second-order valence-corrected chi connectivity index (χ2v) is 6.44. The smallest absolute Gasteiger partial charge is 0.340 e. The standard InChI is InChI=1S/C15H16ClNO3S/c1-4-20-15(19)14-9(2)7-13(18)17(10(14)3)8-11-5-6-12(16)21-11/h5-7H,4,8H2,1-3H3. The van der Waals surface area contributed by atoms with Crippen LogP contribution in [0.2, 0.25) is 4.34 Å². The summed E-state index contributed by atoms with van der Waals surface area (Å²) in [5, 5.41) is 0. The molecule has 0 aromatic carbocycles. The molecule has 0 fully saturated rings. The average molecular weight is 326 g/mol. The highest BCUT2D eigenvalue weighted by atomic mass is 35.5. The van der Waals surface area contributed by atoms with Crippen LogP contribution in [0.1, 0.15) is 33.4 Å². The summed E-state index contributed by atoms with van der Waals surface area (Å²) in [4.78, 5) is 25.2. The van der Waals surface area contributed by atoms with Gasteiger partial charge in [-0.1, -0.05) is 11.6 Å². The first-order valence-corrected chi connectivity index (χ1v) is 7.75. The molecule has 0 atom stereocenters. The Kier molecular flexibility index (Phi) is 4.85. The van der Waals surface area contributed by atoms with E-state index in [-0.39, 0.29) is 5.56 Å². The minimum absolute atomic E-state index is 0.137. The van der Waals surface area contributed by atoms with Crippen LogP contribution in [0.4, 0.5) is 0 Å². The molecule has 112 valence electrons. The molecule has 21 heavy (non-hydrogen) atoms. The van der Waals surface area contributed by atoms with Crippen molar-refractivity contribution in [2.24, 2.45) is 0 Å². The summed E-state index contributed by atoms with van der Waals surface area (Å²) in [5.74, 6) is -0.398. The lowest BCUT2D eigenvalue weighted by Crippen LogP contribution is -2.26. The van der Waals surface area contributed by atoms with E-state index < -0.39 is 5.97 Å². The zero-order valence-electron chi connectivity index (χ0n) is 12.1. The molecule has 0 N–H and O–H groups in total. The van der Waals surface area contributed by atoms with Gasteiger partial charge in [-0.25, -0.2) is 4.79 Å². The van der Waals surface area contributed by atoms with E-state index in [2.05, 4.69) is 0 Å². The molecule has 0 radical (unpaired) electrons. The van der Waals surface area contributed by atoms with Crippen molar-refractivity contribution < 1.29 is 9.53 Å². The highest BCUT2D eigenvalue weighted by Crippen LogP contribution is 2.23. The van der Waals surface area contributed by atoms with Crippen LogP contribution < -0.4 is 5.56 Å². The number of nitrogens with zero attached hydrogens (tertiary/aromatic N) is 1. The molecule has 6 heteroatoms. The minimum Gasteiger partial charge on any atom is -0.462 e. The van der Waals surface area contributed by atoms with Crippen LogP contribution >= 0.6 is 22.9 Å². The quantitative estimate of drug-likeness (QED) is 0.809. The molecule has 2 heterocycles. The van der Waals surface area contributed by atoms with Crippen LogP contribution in [0.25, 0.3) is 0 Å². The van der Waals surface area contributed by atoms with E-state index in [1.807, 2.05) is 6.07 Å². The van der Waals surface area contributed by atoms with Crippen molar-refractivity contribution in [1.29, 1.82) is 0 Å². The van der Waals surface area contributed by atoms with Gasteiger partial charge in [0.15, 0.2) is 0 Å². The van der Waals surface area contributed by atoms with E-state index in [1.54, 1.807) is 31.4 Å². The summed E-state index contributed by atoms with van der Waals surface area (Å²) in [6, 6.07) is 5.14. The molecule has 0 bridgehead atoms. The molecular formula is C15H16ClNO3S. The lowest BCUT2D eigenvalue weighted by Gasteiger charge is -2.14. The molecule has 4 nitrogen and oxygen atoms in total. The van der Waals surface area contributed by atoms with Crippen molar-refractivity contribution in [2.75, 3.05) is 6.61 Å². The first kappa shape index (κ1) is 15.8. The first-order valence-electron chi connectivity index (χ1n) is 6.56. The molecular weight excluding hydrogens is 310 g/mol. The van der Waals surface area contributed by atoms with E-state index >= 15 is 0 Å². The maximum Gasteiger partial charge on any atom is 0.340 e. The van der Waals surface area contributed by atoms with Crippen LogP contribution in [-0.2, 0) is 11.3 Å². The first-order chi connectivity index (χ1) is 9.93. The van der Waals surface area contributed by atoms with Gasteiger partial charge in [0, 0.05) is 16.6 Å². The molecule has 0 aliphatic heterocycles. The molecule has 0 saturated heterocycles. The number of esters is 1. The van der Waals surface area contributed by atoms with E-state index in [0.29, 0.717) is 34.3 Å². The molecule has 0 aliphatic rings. The van der Waals surface area contributed by atoms with Gasteiger partial charge in [-0.2, -0.15) is 0 Å². The van der Waals surface area contributed by atoms with E-state index in [1.165, 1.54) is 17.4 Å². The summed E-state index contributed by atoms with van der Waals surface area (Å²) < 4.78 is 7.31. The monoisotopic (exact) mass is 325 g/mol. The number of hydrogen-bond donors (Lipinski definition) is 0. The second-order valence-electron chi connectivity index (χ2n) is 4.64. The van der Waals surface area contributed by atoms with Gasteiger partial charge in [0.1, 0.15) is 0 Å².